The predicted octanol–water partition coefficient (Wildman–Crippen LogP) is 4.94. The van der Waals surface area contributed by atoms with Gasteiger partial charge in [-0.05, 0) is 81.1 Å². The molecule has 1 aliphatic rings. The van der Waals surface area contributed by atoms with Crippen molar-refractivity contribution >= 4 is 0 Å². The SMILES string of the molecule is CCC(CCN(C)C)Oc1cccnc1.COc1ccc2c(c1)C(C)CC2. The van der Waals surface area contributed by atoms with E-state index in [0.717, 1.165) is 36.8 Å². The molecule has 1 aliphatic carbocycles. The predicted molar refractivity (Wildman–Crippen MR) is 112 cm³/mol. The van der Waals surface area contributed by atoms with Gasteiger partial charge < -0.3 is 14.4 Å². The Labute approximate surface area is 164 Å². The van der Waals surface area contributed by atoms with Gasteiger partial charge in [-0.1, -0.05) is 19.9 Å². The highest BCUT2D eigenvalue weighted by molar-refractivity contribution is 5.40. The number of methoxy groups -OCH3 is 1. The fraction of sp³-hybridized carbons (Fsp3) is 0.522. The second kappa shape index (κ2) is 10.9. The molecule has 1 aromatic carbocycles. The minimum Gasteiger partial charge on any atom is -0.497 e. The second-order valence-corrected chi connectivity index (χ2v) is 7.43. The van der Waals surface area contributed by atoms with E-state index in [2.05, 4.69) is 56.0 Å². The molecule has 0 N–H and O–H groups in total. The number of hydrogen-bond donors (Lipinski definition) is 0. The number of hydrogen-bond acceptors (Lipinski definition) is 4. The lowest BCUT2D eigenvalue weighted by Gasteiger charge is -2.19. The van der Waals surface area contributed by atoms with Gasteiger partial charge in [0.25, 0.3) is 0 Å². The molecule has 27 heavy (non-hydrogen) atoms. The normalized spacial score (nSPS) is 16.3. The average Bonchev–Trinajstić information content (AvgIpc) is 3.06. The molecular formula is C23H34N2O2. The molecule has 1 aromatic heterocycles. The van der Waals surface area contributed by atoms with Crippen LogP contribution < -0.4 is 9.47 Å². The van der Waals surface area contributed by atoms with Crippen LogP contribution in [0.3, 0.4) is 0 Å². The topological polar surface area (TPSA) is 34.6 Å². The second-order valence-electron chi connectivity index (χ2n) is 7.43. The number of rotatable bonds is 7. The van der Waals surface area contributed by atoms with Crippen molar-refractivity contribution in [2.45, 2.75) is 51.6 Å². The van der Waals surface area contributed by atoms with Crippen LogP contribution in [-0.2, 0) is 6.42 Å². The summed E-state index contributed by atoms with van der Waals surface area (Å²) in [7, 11) is 5.88. The van der Waals surface area contributed by atoms with E-state index in [4.69, 9.17) is 9.47 Å². The molecular weight excluding hydrogens is 336 g/mol. The van der Waals surface area contributed by atoms with E-state index in [1.165, 1.54) is 24.0 Å². The molecule has 148 valence electrons. The minimum atomic E-state index is 0.289. The van der Waals surface area contributed by atoms with Crippen LogP contribution in [0, 0.1) is 0 Å². The van der Waals surface area contributed by atoms with E-state index >= 15 is 0 Å². The van der Waals surface area contributed by atoms with Crippen molar-refractivity contribution in [2.24, 2.45) is 0 Å². The lowest BCUT2D eigenvalue weighted by molar-refractivity contribution is 0.172. The first-order chi connectivity index (χ1) is 13.0. The zero-order chi connectivity index (χ0) is 19.6. The van der Waals surface area contributed by atoms with Gasteiger partial charge in [0.05, 0.1) is 19.4 Å². The molecule has 0 bridgehead atoms. The lowest BCUT2D eigenvalue weighted by atomic mass is 10.0. The first-order valence-corrected chi connectivity index (χ1v) is 9.91. The molecule has 3 rings (SSSR count). The van der Waals surface area contributed by atoms with E-state index in [1.54, 1.807) is 19.5 Å². The van der Waals surface area contributed by atoms with Gasteiger partial charge >= 0.3 is 0 Å². The largest absolute Gasteiger partial charge is 0.497 e. The Hall–Kier alpha value is -2.07. The molecule has 0 saturated carbocycles. The molecule has 4 nitrogen and oxygen atoms in total. The van der Waals surface area contributed by atoms with Crippen molar-refractivity contribution in [3.05, 3.63) is 53.9 Å². The van der Waals surface area contributed by atoms with Crippen molar-refractivity contribution in [1.29, 1.82) is 0 Å². The van der Waals surface area contributed by atoms with Gasteiger partial charge in [0.15, 0.2) is 0 Å². The van der Waals surface area contributed by atoms with Gasteiger partial charge in [0.1, 0.15) is 11.5 Å². The third-order valence-corrected chi connectivity index (χ3v) is 5.02. The van der Waals surface area contributed by atoms with Gasteiger partial charge in [-0.15, -0.1) is 0 Å². The molecule has 0 radical (unpaired) electrons. The molecule has 1 heterocycles. The summed E-state index contributed by atoms with van der Waals surface area (Å²) in [5.74, 6) is 2.57. The van der Waals surface area contributed by atoms with Crippen LogP contribution in [0.4, 0.5) is 0 Å². The standard InChI is InChI=1S/C12H20N2O.C11H14O/c1-4-11(7-9-14(2)3)15-12-6-5-8-13-10-12;1-8-3-4-9-5-6-10(12-2)7-11(8)9/h5-6,8,10-11H,4,7,9H2,1-3H3;5-8H,3-4H2,1-2H3. The Morgan fingerprint density at radius 3 is 2.67 bits per heavy atom. The fourth-order valence-corrected chi connectivity index (χ4v) is 3.27. The minimum absolute atomic E-state index is 0.289. The number of pyridine rings is 1. The van der Waals surface area contributed by atoms with Gasteiger partial charge in [-0.2, -0.15) is 0 Å². The van der Waals surface area contributed by atoms with E-state index in [0.29, 0.717) is 0 Å². The average molecular weight is 371 g/mol. The molecule has 0 saturated heterocycles. The van der Waals surface area contributed by atoms with Gasteiger partial charge in [-0.25, -0.2) is 0 Å². The lowest BCUT2D eigenvalue weighted by Crippen LogP contribution is -2.23. The first kappa shape index (κ1) is 21.2. The van der Waals surface area contributed by atoms with Crippen LogP contribution in [0.1, 0.15) is 50.2 Å². The monoisotopic (exact) mass is 370 g/mol. The summed E-state index contributed by atoms with van der Waals surface area (Å²) in [5, 5.41) is 0. The van der Waals surface area contributed by atoms with Crippen LogP contribution in [-0.4, -0.2) is 43.7 Å². The van der Waals surface area contributed by atoms with E-state index in [9.17, 15) is 0 Å². The maximum Gasteiger partial charge on any atom is 0.137 e. The molecule has 0 amide bonds. The Morgan fingerprint density at radius 1 is 1.22 bits per heavy atom. The Kier molecular flexibility index (Phi) is 8.59. The Bertz CT molecular complexity index is 673. The van der Waals surface area contributed by atoms with Crippen molar-refractivity contribution in [1.82, 2.24) is 9.88 Å². The van der Waals surface area contributed by atoms with Crippen molar-refractivity contribution in [3.63, 3.8) is 0 Å². The number of aryl methyl sites for hydroxylation is 1. The summed E-state index contributed by atoms with van der Waals surface area (Å²) in [4.78, 5) is 6.21. The van der Waals surface area contributed by atoms with Crippen LogP contribution in [0.5, 0.6) is 11.5 Å². The van der Waals surface area contributed by atoms with E-state index in [-0.39, 0.29) is 6.10 Å². The van der Waals surface area contributed by atoms with Crippen LogP contribution in [0.15, 0.2) is 42.7 Å². The summed E-state index contributed by atoms with van der Waals surface area (Å²) in [5.41, 5.74) is 2.98. The molecule has 0 aliphatic heterocycles. The van der Waals surface area contributed by atoms with Crippen molar-refractivity contribution in [2.75, 3.05) is 27.7 Å². The first-order valence-electron chi connectivity index (χ1n) is 9.91. The Morgan fingerprint density at radius 2 is 2.04 bits per heavy atom. The van der Waals surface area contributed by atoms with Crippen LogP contribution in [0.2, 0.25) is 0 Å². The number of fused-ring (bicyclic) bond motifs is 1. The molecule has 2 unspecified atom stereocenters. The zero-order valence-corrected chi connectivity index (χ0v) is 17.4. The maximum absolute atomic E-state index is 5.82. The molecule has 2 aromatic rings. The highest BCUT2D eigenvalue weighted by Crippen LogP contribution is 2.34. The fourth-order valence-electron chi connectivity index (χ4n) is 3.27. The van der Waals surface area contributed by atoms with Crippen molar-refractivity contribution in [3.8, 4) is 11.5 Å². The van der Waals surface area contributed by atoms with E-state index < -0.39 is 0 Å². The summed E-state index contributed by atoms with van der Waals surface area (Å²) in [6.07, 6.45) is 8.42. The summed E-state index contributed by atoms with van der Waals surface area (Å²) in [6, 6.07) is 10.3. The van der Waals surface area contributed by atoms with Crippen molar-refractivity contribution < 1.29 is 9.47 Å². The third kappa shape index (κ3) is 6.87. The smallest absolute Gasteiger partial charge is 0.137 e. The molecule has 2 atom stereocenters. The van der Waals surface area contributed by atoms with Gasteiger partial charge in [0, 0.05) is 12.7 Å². The highest BCUT2D eigenvalue weighted by atomic mass is 16.5. The number of aromatic nitrogens is 1. The number of ether oxygens (including phenoxy) is 2. The number of nitrogens with zero attached hydrogens (tertiary/aromatic N) is 2. The zero-order valence-electron chi connectivity index (χ0n) is 17.4. The summed E-state index contributed by atoms with van der Waals surface area (Å²) < 4.78 is 11.0. The van der Waals surface area contributed by atoms with Crippen LogP contribution in [0.25, 0.3) is 0 Å². The highest BCUT2D eigenvalue weighted by Gasteiger charge is 2.18. The number of benzene rings is 1. The quantitative estimate of drug-likeness (QED) is 0.692. The van der Waals surface area contributed by atoms with Crippen LogP contribution >= 0.6 is 0 Å². The molecule has 0 spiro atoms. The van der Waals surface area contributed by atoms with E-state index in [1.807, 2.05) is 12.1 Å². The van der Waals surface area contributed by atoms with Gasteiger partial charge in [-0.3, -0.25) is 4.98 Å². The molecule has 0 fully saturated rings. The van der Waals surface area contributed by atoms with Gasteiger partial charge in [0.2, 0.25) is 0 Å². The maximum atomic E-state index is 5.82. The molecule has 4 heteroatoms. The summed E-state index contributed by atoms with van der Waals surface area (Å²) >= 11 is 0. The third-order valence-electron chi connectivity index (χ3n) is 5.02. The summed E-state index contributed by atoms with van der Waals surface area (Å²) in [6.45, 7) is 5.49. The Balaban J connectivity index is 0.000000198.